The number of hydrogen-bond donors (Lipinski definition) is 0. The molecule has 0 spiro atoms. The van der Waals surface area contributed by atoms with Crippen LogP contribution in [0.25, 0.3) is 10.6 Å². The third-order valence-corrected chi connectivity index (χ3v) is 4.79. The zero-order chi connectivity index (χ0) is 20.1. The fourth-order valence-corrected chi connectivity index (χ4v) is 3.30. The molecule has 9 heteroatoms. The predicted molar refractivity (Wildman–Crippen MR) is 103 cm³/mol. The lowest BCUT2D eigenvalue weighted by Crippen LogP contribution is -2.08. The minimum atomic E-state index is -0.770. The second-order valence-electron chi connectivity index (χ2n) is 5.56. The maximum absolute atomic E-state index is 12.2. The number of nitro groups is 1. The van der Waals surface area contributed by atoms with Crippen molar-refractivity contribution in [2.75, 3.05) is 14.2 Å². The van der Waals surface area contributed by atoms with Crippen LogP contribution >= 0.6 is 11.3 Å². The molecule has 0 aliphatic heterocycles. The molecule has 0 aliphatic rings. The molecule has 0 unspecified atom stereocenters. The van der Waals surface area contributed by atoms with Gasteiger partial charge in [0.05, 0.1) is 24.8 Å². The van der Waals surface area contributed by atoms with Crippen molar-refractivity contribution in [2.45, 2.75) is 6.61 Å². The lowest BCUT2D eigenvalue weighted by molar-refractivity contribution is -0.385. The maximum Gasteiger partial charge on any atom is 0.345 e. The second-order valence-corrected chi connectivity index (χ2v) is 6.42. The third-order valence-electron chi connectivity index (χ3n) is 3.85. The second kappa shape index (κ2) is 8.49. The molecule has 1 aromatic heterocycles. The summed E-state index contributed by atoms with van der Waals surface area (Å²) in [4.78, 5) is 27.0. The van der Waals surface area contributed by atoms with Gasteiger partial charge in [-0.1, -0.05) is 12.1 Å². The van der Waals surface area contributed by atoms with Gasteiger partial charge in [0.25, 0.3) is 5.69 Å². The number of benzene rings is 2. The van der Waals surface area contributed by atoms with Crippen LogP contribution in [-0.4, -0.2) is 30.1 Å². The van der Waals surface area contributed by atoms with Crippen molar-refractivity contribution < 1.29 is 23.9 Å². The number of methoxy groups -OCH3 is 2. The fraction of sp³-hybridized carbons (Fsp3) is 0.158. The van der Waals surface area contributed by atoms with Crippen molar-refractivity contribution in [3.05, 3.63) is 69.2 Å². The number of aromatic nitrogens is 1. The van der Waals surface area contributed by atoms with Crippen LogP contribution in [0.5, 0.6) is 11.5 Å². The minimum absolute atomic E-state index is 0.0886. The number of esters is 1. The smallest absolute Gasteiger partial charge is 0.345 e. The maximum atomic E-state index is 12.2. The van der Waals surface area contributed by atoms with Crippen LogP contribution in [0.2, 0.25) is 0 Å². The Hall–Kier alpha value is -3.46. The molecule has 0 amide bonds. The van der Waals surface area contributed by atoms with E-state index in [-0.39, 0.29) is 17.9 Å². The number of carbonyl (C=O) groups excluding carboxylic acids is 1. The first-order valence-electron chi connectivity index (χ1n) is 8.11. The number of nitrogens with zero attached hydrogens (tertiary/aromatic N) is 2. The van der Waals surface area contributed by atoms with E-state index in [0.29, 0.717) is 17.2 Å². The molecule has 2 aromatic carbocycles. The Labute approximate surface area is 164 Å². The first-order valence-corrected chi connectivity index (χ1v) is 8.98. The van der Waals surface area contributed by atoms with Crippen LogP contribution in [0.4, 0.5) is 5.69 Å². The van der Waals surface area contributed by atoms with Gasteiger partial charge in [0.2, 0.25) is 0 Å². The molecule has 28 heavy (non-hydrogen) atoms. The first kappa shape index (κ1) is 19.3. The highest BCUT2D eigenvalue weighted by atomic mass is 32.1. The topological polar surface area (TPSA) is 101 Å². The molecule has 0 saturated carbocycles. The SMILES string of the molecule is COc1ccc(-c2nc(COC(=O)c3ccccc3[N+](=O)[O-])cs2)cc1OC. The molecule has 0 N–H and O–H groups in total. The number of thiazole rings is 1. The zero-order valence-electron chi connectivity index (χ0n) is 15.1. The van der Waals surface area contributed by atoms with Gasteiger partial charge < -0.3 is 14.2 Å². The van der Waals surface area contributed by atoms with Crippen LogP contribution in [0.1, 0.15) is 16.1 Å². The molecule has 0 fully saturated rings. The molecular weight excluding hydrogens is 384 g/mol. The first-order chi connectivity index (χ1) is 13.5. The van der Waals surface area contributed by atoms with Crippen molar-refractivity contribution >= 4 is 23.0 Å². The molecule has 144 valence electrons. The Morgan fingerprint density at radius 2 is 1.89 bits per heavy atom. The largest absolute Gasteiger partial charge is 0.493 e. The molecular formula is C19H16N2O6S. The van der Waals surface area contributed by atoms with Gasteiger partial charge in [0, 0.05) is 17.0 Å². The average Bonchev–Trinajstić information content (AvgIpc) is 3.20. The Bertz CT molecular complexity index is 1020. The monoisotopic (exact) mass is 400 g/mol. The van der Waals surface area contributed by atoms with E-state index in [1.165, 1.54) is 29.5 Å². The molecule has 0 atom stereocenters. The average molecular weight is 400 g/mol. The van der Waals surface area contributed by atoms with E-state index in [2.05, 4.69) is 4.98 Å². The van der Waals surface area contributed by atoms with E-state index in [0.717, 1.165) is 10.6 Å². The number of rotatable bonds is 7. The summed E-state index contributed by atoms with van der Waals surface area (Å²) >= 11 is 1.38. The van der Waals surface area contributed by atoms with Crippen molar-refractivity contribution in [2.24, 2.45) is 0 Å². The van der Waals surface area contributed by atoms with E-state index in [9.17, 15) is 14.9 Å². The summed E-state index contributed by atoms with van der Waals surface area (Å²) in [5.41, 5.74) is 0.986. The number of nitro benzene ring substituents is 1. The molecule has 3 aromatic rings. The Morgan fingerprint density at radius 3 is 2.61 bits per heavy atom. The van der Waals surface area contributed by atoms with Crippen molar-refractivity contribution in [1.29, 1.82) is 0 Å². The van der Waals surface area contributed by atoms with E-state index < -0.39 is 10.9 Å². The van der Waals surface area contributed by atoms with Crippen LogP contribution in [0, 0.1) is 10.1 Å². The van der Waals surface area contributed by atoms with Gasteiger partial charge in [-0.15, -0.1) is 11.3 Å². The van der Waals surface area contributed by atoms with Gasteiger partial charge in [0.15, 0.2) is 11.5 Å². The van der Waals surface area contributed by atoms with Gasteiger partial charge >= 0.3 is 5.97 Å². The molecule has 0 saturated heterocycles. The van der Waals surface area contributed by atoms with Crippen molar-refractivity contribution in [1.82, 2.24) is 4.98 Å². The van der Waals surface area contributed by atoms with Crippen molar-refractivity contribution in [3.8, 4) is 22.1 Å². The van der Waals surface area contributed by atoms with Gasteiger partial charge in [0.1, 0.15) is 17.2 Å². The van der Waals surface area contributed by atoms with Crippen LogP contribution in [-0.2, 0) is 11.3 Å². The van der Waals surface area contributed by atoms with Gasteiger partial charge in [-0.05, 0) is 24.3 Å². The molecule has 3 rings (SSSR count). The zero-order valence-corrected chi connectivity index (χ0v) is 15.9. The lowest BCUT2D eigenvalue weighted by Gasteiger charge is -2.08. The normalized spacial score (nSPS) is 10.4. The molecule has 0 aliphatic carbocycles. The summed E-state index contributed by atoms with van der Waals surface area (Å²) in [6.07, 6.45) is 0. The third kappa shape index (κ3) is 4.09. The van der Waals surface area contributed by atoms with E-state index >= 15 is 0 Å². The Balaban J connectivity index is 1.72. The van der Waals surface area contributed by atoms with Gasteiger partial charge in [-0.2, -0.15) is 0 Å². The molecule has 1 heterocycles. The fourth-order valence-electron chi connectivity index (χ4n) is 2.50. The quantitative estimate of drug-likeness (QED) is 0.334. The number of hydrogen-bond acceptors (Lipinski definition) is 8. The highest BCUT2D eigenvalue weighted by Gasteiger charge is 2.21. The summed E-state index contributed by atoms with van der Waals surface area (Å²) in [7, 11) is 3.11. The standard InChI is InChI=1S/C19H16N2O6S/c1-25-16-8-7-12(9-17(16)26-2)18-20-13(11-28-18)10-27-19(22)14-5-3-4-6-15(14)21(23)24/h3-9,11H,10H2,1-2H3. The summed E-state index contributed by atoms with van der Waals surface area (Å²) in [5, 5.41) is 13.5. The summed E-state index contributed by atoms with van der Waals surface area (Å²) in [6.45, 7) is -0.0886. The number of para-hydroxylation sites is 1. The summed E-state index contributed by atoms with van der Waals surface area (Å²) in [5.74, 6) is 0.425. The molecule has 8 nitrogen and oxygen atoms in total. The van der Waals surface area contributed by atoms with Crippen LogP contribution in [0.15, 0.2) is 47.8 Å². The van der Waals surface area contributed by atoms with E-state index in [4.69, 9.17) is 14.2 Å². The van der Waals surface area contributed by atoms with E-state index in [1.54, 1.807) is 37.8 Å². The summed E-state index contributed by atoms with van der Waals surface area (Å²) < 4.78 is 15.7. The number of carbonyl (C=O) groups is 1. The lowest BCUT2D eigenvalue weighted by atomic mass is 10.2. The van der Waals surface area contributed by atoms with Crippen molar-refractivity contribution in [3.63, 3.8) is 0 Å². The highest BCUT2D eigenvalue weighted by Crippen LogP contribution is 2.33. The molecule has 0 radical (unpaired) electrons. The van der Waals surface area contributed by atoms with Crippen LogP contribution < -0.4 is 9.47 Å². The van der Waals surface area contributed by atoms with Crippen LogP contribution in [0.3, 0.4) is 0 Å². The number of ether oxygens (including phenoxy) is 3. The Morgan fingerprint density at radius 1 is 1.14 bits per heavy atom. The Kier molecular flexibility index (Phi) is 5.85. The van der Waals surface area contributed by atoms with Gasteiger partial charge in [-0.3, -0.25) is 10.1 Å². The summed E-state index contributed by atoms with van der Waals surface area (Å²) in [6, 6.07) is 11.1. The predicted octanol–water partition coefficient (Wildman–Crippen LogP) is 4.09. The molecule has 0 bridgehead atoms. The highest BCUT2D eigenvalue weighted by molar-refractivity contribution is 7.13. The minimum Gasteiger partial charge on any atom is -0.493 e. The van der Waals surface area contributed by atoms with Gasteiger partial charge in [-0.25, -0.2) is 9.78 Å². The van der Waals surface area contributed by atoms with E-state index in [1.807, 2.05) is 6.07 Å².